The van der Waals surface area contributed by atoms with Crippen LogP contribution in [0.15, 0.2) is 27.5 Å². The zero-order chi connectivity index (χ0) is 15.0. The molecule has 1 aliphatic heterocycles. The molecular formula is C13H14N4O4. The summed E-state index contributed by atoms with van der Waals surface area (Å²) >= 11 is 0. The molecule has 0 radical (unpaired) electrons. The Morgan fingerprint density at radius 2 is 2.24 bits per heavy atom. The summed E-state index contributed by atoms with van der Waals surface area (Å²) < 4.78 is 10.0. The van der Waals surface area contributed by atoms with Gasteiger partial charge in [-0.25, -0.2) is 4.79 Å². The van der Waals surface area contributed by atoms with Crippen molar-refractivity contribution < 1.29 is 18.5 Å². The number of aromatic nitrogens is 2. The van der Waals surface area contributed by atoms with Crippen molar-refractivity contribution in [1.29, 1.82) is 0 Å². The van der Waals surface area contributed by atoms with Crippen LogP contribution >= 0.6 is 0 Å². The predicted molar refractivity (Wildman–Crippen MR) is 69.7 cm³/mol. The monoisotopic (exact) mass is 290 g/mol. The lowest BCUT2D eigenvalue weighted by Gasteiger charge is -2.12. The summed E-state index contributed by atoms with van der Waals surface area (Å²) in [6.07, 6.45) is 2.98. The fourth-order valence-corrected chi connectivity index (χ4v) is 2.11. The number of rotatable bonds is 4. The fraction of sp³-hybridized carbons (Fsp3) is 0.385. The average molecular weight is 290 g/mol. The minimum atomic E-state index is -0.506. The minimum Gasteiger partial charge on any atom is -0.472 e. The van der Waals surface area contributed by atoms with Gasteiger partial charge in [-0.05, 0) is 12.0 Å². The third-order valence-electron chi connectivity index (χ3n) is 3.26. The fourth-order valence-electron chi connectivity index (χ4n) is 2.11. The Labute approximate surface area is 120 Å². The number of carbonyl (C=O) groups excluding carboxylic acids is 2. The van der Waals surface area contributed by atoms with E-state index in [4.69, 9.17) is 8.94 Å². The Morgan fingerprint density at radius 1 is 1.43 bits per heavy atom. The summed E-state index contributed by atoms with van der Waals surface area (Å²) in [6.45, 7) is 3.70. The van der Waals surface area contributed by atoms with Crippen LogP contribution < -0.4 is 5.32 Å². The number of hydrogen-bond acceptors (Lipinski definition) is 6. The number of imide groups is 1. The van der Waals surface area contributed by atoms with Crippen LogP contribution in [0.4, 0.5) is 4.79 Å². The summed E-state index contributed by atoms with van der Waals surface area (Å²) in [5.41, 5.74) is 0.669. The van der Waals surface area contributed by atoms with Gasteiger partial charge in [-0.15, -0.1) is 0 Å². The molecule has 1 N–H and O–H groups in total. The van der Waals surface area contributed by atoms with Gasteiger partial charge in [0.05, 0.1) is 11.8 Å². The van der Waals surface area contributed by atoms with Gasteiger partial charge in [-0.1, -0.05) is 19.0 Å². The highest BCUT2D eigenvalue weighted by molar-refractivity contribution is 6.04. The Hall–Kier alpha value is -2.64. The van der Waals surface area contributed by atoms with Gasteiger partial charge in [0, 0.05) is 0 Å². The van der Waals surface area contributed by atoms with Crippen LogP contribution in [0.1, 0.15) is 19.7 Å². The number of nitrogens with zero attached hydrogens (tertiary/aromatic N) is 3. The number of nitrogens with one attached hydrogen (secondary N) is 1. The van der Waals surface area contributed by atoms with Crippen LogP contribution in [0.2, 0.25) is 0 Å². The first-order valence-corrected chi connectivity index (χ1v) is 6.53. The molecule has 3 amide bonds. The molecule has 8 heteroatoms. The van der Waals surface area contributed by atoms with E-state index in [1.165, 1.54) is 12.5 Å². The smallest absolute Gasteiger partial charge is 0.325 e. The van der Waals surface area contributed by atoms with Crippen LogP contribution in [0.3, 0.4) is 0 Å². The summed E-state index contributed by atoms with van der Waals surface area (Å²) in [5, 5.41) is 6.43. The van der Waals surface area contributed by atoms with Crippen molar-refractivity contribution in [1.82, 2.24) is 20.4 Å². The van der Waals surface area contributed by atoms with Crippen molar-refractivity contribution in [2.75, 3.05) is 0 Å². The van der Waals surface area contributed by atoms with Crippen molar-refractivity contribution in [3.8, 4) is 11.4 Å². The van der Waals surface area contributed by atoms with Crippen LogP contribution in [0.25, 0.3) is 11.4 Å². The normalized spacial score (nSPS) is 18.6. The zero-order valence-electron chi connectivity index (χ0n) is 11.6. The van der Waals surface area contributed by atoms with Crippen LogP contribution in [-0.2, 0) is 11.3 Å². The molecule has 1 atom stereocenters. The van der Waals surface area contributed by atoms with Gasteiger partial charge < -0.3 is 14.3 Å². The van der Waals surface area contributed by atoms with Gasteiger partial charge in [-0.2, -0.15) is 4.98 Å². The van der Waals surface area contributed by atoms with Crippen molar-refractivity contribution >= 4 is 11.9 Å². The number of amides is 3. The first-order valence-electron chi connectivity index (χ1n) is 6.53. The van der Waals surface area contributed by atoms with E-state index < -0.39 is 12.1 Å². The van der Waals surface area contributed by atoms with E-state index in [2.05, 4.69) is 15.5 Å². The topological polar surface area (TPSA) is 101 Å². The standard InChI is InChI=1S/C13H14N4O4/c1-7(2)10-12(18)17(13(19)15-10)5-9-14-11(16-21-9)8-3-4-20-6-8/h3-4,6-7,10H,5H2,1-2H3,(H,15,19). The second-order valence-corrected chi connectivity index (χ2v) is 5.12. The van der Waals surface area contributed by atoms with Gasteiger partial charge in [0.2, 0.25) is 11.7 Å². The third-order valence-corrected chi connectivity index (χ3v) is 3.26. The molecule has 1 fully saturated rings. The summed E-state index contributed by atoms with van der Waals surface area (Å²) in [7, 11) is 0. The minimum absolute atomic E-state index is 0.0237. The Kier molecular flexibility index (Phi) is 3.20. The number of furan rings is 1. The summed E-state index contributed by atoms with van der Waals surface area (Å²) in [6, 6.07) is 0.743. The molecule has 3 heterocycles. The van der Waals surface area contributed by atoms with Crippen molar-refractivity contribution in [3.63, 3.8) is 0 Å². The molecular weight excluding hydrogens is 276 g/mol. The Balaban J connectivity index is 1.75. The lowest BCUT2D eigenvalue weighted by molar-refractivity contribution is -0.128. The second kappa shape index (κ2) is 5.04. The maximum Gasteiger partial charge on any atom is 0.325 e. The van der Waals surface area contributed by atoms with Crippen molar-refractivity contribution in [3.05, 3.63) is 24.5 Å². The van der Waals surface area contributed by atoms with E-state index in [9.17, 15) is 9.59 Å². The number of urea groups is 1. The van der Waals surface area contributed by atoms with Crippen molar-refractivity contribution in [2.45, 2.75) is 26.4 Å². The first kappa shape index (κ1) is 13.3. The predicted octanol–water partition coefficient (Wildman–Crippen LogP) is 1.41. The molecule has 0 spiro atoms. The molecule has 0 saturated carbocycles. The van der Waals surface area contributed by atoms with Gasteiger partial charge in [0.25, 0.3) is 5.91 Å². The zero-order valence-corrected chi connectivity index (χ0v) is 11.6. The average Bonchev–Trinajstić information content (AvgIpc) is 3.14. The maximum absolute atomic E-state index is 12.1. The van der Waals surface area contributed by atoms with Crippen LogP contribution in [-0.4, -0.2) is 33.0 Å². The van der Waals surface area contributed by atoms with E-state index in [0.717, 1.165) is 4.90 Å². The second-order valence-electron chi connectivity index (χ2n) is 5.12. The molecule has 1 saturated heterocycles. The molecule has 2 aromatic rings. The number of hydrogen-bond donors (Lipinski definition) is 1. The lowest BCUT2D eigenvalue weighted by Crippen LogP contribution is -2.34. The molecule has 3 rings (SSSR count). The molecule has 8 nitrogen and oxygen atoms in total. The first-order chi connectivity index (χ1) is 10.1. The highest BCUT2D eigenvalue weighted by atomic mass is 16.5. The SMILES string of the molecule is CC(C)C1NC(=O)N(Cc2nc(-c3ccoc3)no2)C1=O. The molecule has 110 valence electrons. The molecule has 2 aromatic heterocycles. The molecule has 0 aliphatic carbocycles. The maximum atomic E-state index is 12.1. The number of carbonyl (C=O) groups is 2. The van der Waals surface area contributed by atoms with E-state index in [1.807, 2.05) is 13.8 Å². The lowest BCUT2D eigenvalue weighted by atomic mass is 10.1. The highest BCUT2D eigenvalue weighted by Crippen LogP contribution is 2.19. The van der Waals surface area contributed by atoms with E-state index in [-0.39, 0.29) is 24.3 Å². The van der Waals surface area contributed by atoms with Gasteiger partial charge >= 0.3 is 6.03 Å². The molecule has 1 unspecified atom stereocenters. The Bertz CT molecular complexity index is 662. The highest BCUT2D eigenvalue weighted by Gasteiger charge is 2.40. The molecule has 0 bridgehead atoms. The largest absolute Gasteiger partial charge is 0.472 e. The Morgan fingerprint density at radius 3 is 2.86 bits per heavy atom. The van der Waals surface area contributed by atoms with Gasteiger partial charge in [0.15, 0.2) is 0 Å². The van der Waals surface area contributed by atoms with Gasteiger partial charge in [-0.3, -0.25) is 9.69 Å². The molecule has 0 aromatic carbocycles. The summed E-state index contributed by atoms with van der Waals surface area (Å²) in [4.78, 5) is 29.2. The van der Waals surface area contributed by atoms with E-state index in [1.54, 1.807) is 6.07 Å². The van der Waals surface area contributed by atoms with Crippen LogP contribution in [0.5, 0.6) is 0 Å². The molecule has 21 heavy (non-hydrogen) atoms. The van der Waals surface area contributed by atoms with Crippen LogP contribution in [0, 0.1) is 5.92 Å². The van der Waals surface area contributed by atoms with Gasteiger partial charge in [0.1, 0.15) is 18.8 Å². The quantitative estimate of drug-likeness (QED) is 0.854. The van der Waals surface area contributed by atoms with Crippen molar-refractivity contribution in [2.24, 2.45) is 5.92 Å². The van der Waals surface area contributed by atoms with E-state index >= 15 is 0 Å². The van der Waals surface area contributed by atoms with E-state index in [0.29, 0.717) is 11.4 Å². The molecule has 1 aliphatic rings. The summed E-state index contributed by atoms with van der Waals surface area (Å²) in [5.74, 6) is 0.291. The third kappa shape index (κ3) is 2.39.